The van der Waals surface area contributed by atoms with Gasteiger partial charge in [0.2, 0.25) is 0 Å². The van der Waals surface area contributed by atoms with Gasteiger partial charge in [-0.1, -0.05) is 53.9 Å². The van der Waals surface area contributed by atoms with Crippen molar-refractivity contribution in [2.24, 2.45) is 17.3 Å². The van der Waals surface area contributed by atoms with E-state index in [1.807, 2.05) is 0 Å². The molecule has 0 bridgehead atoms. The number of carbonyl (C=O) groups is 1. The standard InChI is InChI=1S/C20H38O2/c1-7-15-19(6,8-2)18(21)22-20(9-3,10-4)17-13-11-16(5)12-14-17/h16-17H,7-15H2,1-6H3. The number of hydrogen-bond acceptors (Lipinski definition) is 2. The van der Waals surface area contributed by atoms with Crippen molar-refractivity contribution in [1.29, 1.82) is 0 Å². The Kier molecular flexibility index (Phi) is 7.41. The lowest BCUT2D eigenvalue weighted by Gasteiger charge is -2.44. The maximum absolute atomic E-state index is 12.9. The van der Waals surface area contributed by atoms with Gasteiger partial charge in [-0.25, -0.2) is 0 Å². The quantitative estimate of drug-likeness (QED) is 0.504. The summed E-state index contributed by atoms with van der Waals surface area (Å²) in [5.41, 5.74) is -0.548. The largest absolute Gasteiger partial charge is 0.458 e. The number of hydrogen-bond donors (Lipinski definition) is 0. The fraction of sp³-hybridized carbons (Fsp3) is 0.950. The highest BCUT2D eigenvalue weighted by Crippen LogP contribution is 2.43. The van der Waals surface area contributed by atoms with Crippen molar-refractivity contribution in [2.75, 3.05) is 0 Å². The second-order valence-electron chi connectivity index (χ2n) is 7.78. The van der Waals surface area contributed by atoms with Crippen molar-refractivity contribution >= 4 is 5.97 Å². The fourth-order valence-electron chi connectivity index (χ4n) is 4.12. The van der Waals surface area contributed by atoms with E-state index in [-0.39, 0.29) is 17.0 Å². The van der Waals surface area contributed by atoms with Gasteiger partial charge in [-0.3, -0.25) is 4.79 Å². The van der Waals surface area contributed by atoms with E-state index >= 15 is 0 Å². The fourth-order valence-corrected chi connectivity index (χ4v) is 4.12. The van der Waals surface area contributed by atoms with Crippen LogP contribution in [0.15, 0.2) is 0 Å². The molecule has 130 valence electrons. The molecular weight excluding hydrogens is 272 g/mol. The van der Waals surface area contributed by atoms with Crippen molar-refractivity contribution in [3.63, 3.8) is 0 Å². The van der Waals surface area contributed by atoms with Crippen molar-refractivity contribution in [2.45, 2.75) is 105 Å². The number of carbonyl (C=O) groups excluding carboxylic acids is 1. The minimum absolute atomic E-state index is 0.0409. The Labute approximate surface area is 138 Å². The summed E-state index contributed by atoms with van der Waals surface area (Å²) in [5, 5.41) is 0. The molecule has 0 aromatic heterocycles. The van der Waals surface area contributed by atoms with Crippen LogP contribution in [-0.4, -0.2) is 11.6 Å². The average Bonchev–Trinajstić information content (AvgIpc) is 2.53. The molecule has 1 rings (SSSR count). The van der Waals surface area contributed by atoms with Crippen molar-refractivity contribution in [1.82, 2.24) is 0 Å². The Morgan fingerprint density at radius 2 is 1.55 bits per heavy atom. The highest BCUT2D eigenvalue weighted by molar-refractivity contribution is 5.76. The van der Waals surface area contributed by atoms with Crippen LogP contribution in [-0.2, 0) is 9.53 Å². The van der Waals surface area contributed by atoms with Crippen LogP contribution in [0.3, 0.4) is 0 Å². The van der Waals surface area contributed by atoms with E-state index in [4.69, 9.17) is 4.74 Å². The zero-order valence-corrected chi connectivity index (χ0v) is 15.8. The maximum Gasteiger partial charge on any atom is 0.312 e. The van der Waals surface area contributed by atoms with E-state index in [2.05, 4.69) is 41.5 Å². The molecule has 0 amide bonds. The topological polar surface area (TPSA) is 26.3 Å². The average molecular weight is 311 g/mol. The zero-order valence-electron chi connectivity index (χ0n) is 15.8. The predicted octanol–water partition coefficient (Wildman–Crippen LogP) is 6.13. The molecule has 0 aliphatic heterocycles. The number of ether oxygens (including phenoxy) is 1. The van der Waals surface area contributed by atoms with Gasteiger partial charge in [-0.05, 0) is 57.3 Å². The first kappa shape index (κ1) is 19.5. The van der Waals surface area contributed by atoms with Crippen LogP contribution in [0.4, 0.5) is 0 Å². The second kappa shape index (κ2) is 8.36. The summed E-state index contributed by atoms with van der Waals surface area (Å²) in [6.07, 6.45) is 9.71. The van der Waals surface area contributed by atoms with Gasteiger partial charge < -0.3 is 4.74 Å². The lowest BCUT2D eigenvalue weighted by atomic mass is 9.71. The molecule has 2 nitrogen and oxygen atoms in total. The zero-order chi connectivity index (χ0) is 16.8. The summed E-state index contributed by atoms with van der Waals surface area (Å²) in [7, 11) is 0. The van der Waals surface area contributed by atoms with Crippen molar-refractivity contribution < 1.29 is 9.53 Å². The van der Waals surface area contributed by atoms with Gasteiger partial charge >= 0.3 is 5.97 Å². The monoisotopic (exact) mass is 310 g/mol. The molecule has 1 atom stereocenters. The Morgan fingerprint density at radius 3 is 1.95 bits per heavy atom. The van der Waals surface area contributed by atoms with Gasteiger partial charge in [0.25, 0.3) is 0 Å². The van der Waals surface area contributed by atoms with Crippen LogP contribution in [0.25, 0.3) is 0 Å². The van der Waals surface area contributed by atoms with Crippen LogP contribution in [0.2, 0.25) is 0 Å². The lowest BCUT2D eigenvalue weighted by molar-refractivity contribution is -0.182. The molecule has 0 spiro atoms. The van der Waals surface area contributed by atoms with Crippen LogP contribution >= 0.6 is 0 Å². The van der Waals surface area contributed by atoms with Gasteiger partial charge in [0.1, 0.15) is 5.60 Å². The van der Waals surface area contributed by atoms with Gasteiger partial charge in [0, 0.05) is 0 Å². The Hall–Kier alpha value is -0.530. The van der Waals surface area contributed by atoms with Crippen LogP contribution in [0.5, 0.6) is 0 Å². The molecule has 0 N–H and O–H groups in total. The van der Waals surface area contributed by atoms with Crippen molar-refractivity contribution in [3.8, 4) is 0 Å². The maximum atomic E-state index is 12.9. The second-order valence-corrected chi connectivity index (χ2v) is 7.78. The highest BCUT2D eigenvalue weighted by atomic mass is 16.6. The molecule has 1 unspecified atom stereocenters. The van der Waals surface area contributed by atoms with Gasteiger partial charge in [0.15, 0.2) is 0 Å². The summed E-state index contributed by atoms with van der Waals surface area (Å²) in [5.74, 6) is 1.42. The molecule has 0 aromatic rings. The summed E-state index contributed by atoms with van der Waals surface area (Å²) >= 11 is 0. The molecule has 0 saturated heterocycles. The highest BCUT2D eigenvalue weighted by Gasteiger charge is 2.44. The smallest absolute Gasteiger partial charge is 0.312 e. The number of esters is 1. The van der Waals surface area contributed by atoms with E-state index in [9.17, 15) is 4.79 Å². The lowest BCUT2D eigenvalue weighted by Crippen LogP contribution is -2.46. The molecule has 0 heterocycles. The molecule has 2 heteroatoms. The minimum Gasteiger partial charge on any atom is -0.458 e. The Morgan fingerprint density at radius 1 is 1.00 bits per heavy atom. The van der Waals surface area contributed by atoms with Crippen molar-refractivity contribution in [3.05, 3.63) is 0 Å². The Balaban J connectivity index is 2.88. The van der Waals surface area contributed by atoms with E-state index in [0.29, 0.717) is 5.92 Å². The molecule has 1 saturated carbocycles. The first-order chi connectivity index (χ1) is 10.4. The molecule has 1 aliphatic carbocycles. The van der Waals surface area contributed by atoms with Crippen LogP contribution in [0.1, 0.15) is 99.3 Å². The van der Waals surface area contributed by atoms with Crippen LogP contribution in [0, 0.1) is 17.3 Å². The molecule has 1 fully saturated rings. The molecule has 1 aliphatic rings. The molecule has 22 heavy (non-hydrogen) atoms. The Bertz CT molecular complexity index is 338. The third-order valence-electron chi connectivity index (χ3n) is 6.33. The summed E-state index contributed by atoms with van der Waals surface area (Å²) in [4.78, 5) is 12.9. The summed E-state index contributed by atoms with van der Waals surface area (Å²) in [6, 6.07) is 0. The number of rotatable bonds is 8. The van der Waals surface area contributed by atoms with E-state index in [0.717, 1.165) is 38.0 Å². The van der Waals surface area contributed by atoms with Gasteiger partial charge in [-0.15, -0.1) is 0 Å². The summed E-state index contributed by atoms with van der Waals surface area (Å²) < 4.78 is 6.28. The van der Waals surface area contributed by atoms with E-state index in [1.54, 1.807) is 0 Å². The van der Waals surface area contributed by atoms with Crippen LogP contribution < -0.4 is 0 Å². The molecule has 0 aromatic carbocycles. The van der Waals surface area contributed by atoms with E-state index < -0.39 is 0 Å². The summed E-state index contributed by atoms with van der Waals surface area (Å²) in [6.45, 7) is 13.1. The third-order valence-corrected chi connectivity index (χ3v) is 6.33. The normalized spacial score (nSPS) is 25.5. The molecule has 0 radical (unpaired) electrons. The van der Waals surface area contributed by atoms with E-state index in [1.165, 1.54) is 25.7 Å². The van der Waals surface area contributed by atoms with Gasteiger partial charge in [0.05, 0.1) is 5.41 Å². The first-order valence-corrected chi connectivity index (χ1v) is 9.60. The first-order valence-electron chi connectivity index (χ1n) is 9.60. The molecular formula is C20H38O2. The third kappa shape index (κ3) is 4.26. The minimum atomic E-state index is -0.313. The van der Waals surface area contributed by atoms with Gasteiger partial charge in [-0.2, -0.15) is 0 Å². The predicted molar refractivity (Wildman–Crippen MR) is 93.8 cm³/mol. The SMILES string of the molecule is CCCC(C)(CC)C(=O)OC(CC)(CC)C1CCC(C)CC1.